The highest BCUT2D eigenvalue weighted by atomic mass is 19.1. The average Bonchev–Trinajstić information content (AvgIpc) is 2.50. The Kier molecular flexibility index (Phi) is 4.71. The maximum atomic E-state index is 13.4. The molecule has 1 heterocycles. The SMILES string of the molecule is COc1ccccc1CN(C)C(=O)Nc1ccncc1F. The highest BCUT2D eigenvalue weighted by Gasteiger charge is 2.13. The number of carbonyl (C=O) groups is 1. The number of amides is 2. The molecule has 110 valence electrons. The number of ether oxygens (including phenoxy) is 1. The lowest BCUT2D eigenvalue weighted by Gasteiger charge is -2.19. The van der Waals surface area contributed by atoms with Crippen molar-refractivity contribution in [2.24, 2.45) is 0 Å². The van der Waals surface area contributed by atoms with Gasteiger partial charge in [0.2, 0.25) is 0 Å². The molecule has 21 heavy (non-hydrogen) atoms. The molecule has 2 rings (SSSR count). The fraction of sp³-hybridized carbons (Fsp3) is 0.200. The second-order valence-corrected chi connectivity index (χ2v) is 4.45. The smallest absolute Gasteiger partial charge is 0.321 e. The van der Waals surface area contributed by atoms with Crippen molar-refractivity contribution in [3.8, 4) is 5.75 Å². The highest BCUT2D eigenvalue weighted by Crippen LogP contribution is 2.19. The summed E-state index contributed by atoms with van der Waals surface area (Å²) in [5.74, 6) is 0.129. The maximum absolute atomic E-state index is 13.4. The van der Waals surface area contributed by atoms with Crippen molar-refractivity contribution in [3.63, 3.8) is 0 Å². The van der Waals surface area contributed by atoms with E-state index < -0.39 is 11.8 Å². The lowest BCUT2D eigenvalue weighted by Crippen LogP contribution is -2.31. The van der Waals surface area contributed by atoms with E-state index >= 15 is 0 Å². The summed E-state index contributed by atoms with van der Waals surface area (Å²) in [6.07, 6.45) is 2.47. The van der Waals surface area contributed by atoms with Gasteiger partial charge in [0.15, 0.2) is 5.82 Å². The van der Waals surface area contributed by atoms with Crippen LogP contribution in [-0.2, 0) is 6.54 Å². The van der Waals surface area contributed by atoms with Crippen LogP contribution < -0.4 is 10.1 Å². The Morgan fingerprint density at radius 1 is 1.38 bits per heavy atom. The zero-order valence-electron chi connectivity index (χ0n) is 11.8. The van der Waals surface area contributed by atoms with E-state index in [-0.39, 0.29) is 5.69 Å². The van der Waals surface area contributed by atoms with Crippen LogP contribution in [0.2, 0.25) is 0 Å². The van der Waals surface area contributed by atoms with Crippen LogP contribution in [0.4, 0.5) is 14.9 Å². The minimum absolute atomic E-state index is 0.0990. The molecule has 0 atom stereocenters. The Morgan fingerprint density at radius 3 is 2.86 bits per heavy atom. The Hall–Kier alpha value is -2.63. The first-order valence-corrected chi connectivity index (χ1v) is 6.35. The van der Waals surface area contributed by atoms with Crippen LogP contribution in [0.3, 0.4) is 0 Å². The fourth-order valence-electron chi connectivity index (χ4n) is 1.85. The van der Waals surface area contributed by atoms with Gasteiger partial charge in [0.25, 0.3) is 0 Å². The van der Waals surface area contributed by atoms with Gasteiger partial charge in [-0.3, -0.25) is 4.98 Å². The molecule has 0 fully saturated rings. The molecule has 0 aliphatic carbocycles. The molecule has 1 aromatic carbocycles. The summed E-state index contributed by atoms with van der Waals surface area (Å²) >= 11 is 0. The molecular weight excluding hydrogens is 273 g/mol. The van der Waals surface area contributed by atoms with Gasteiger partial charge in [0.1, 0.15) is 5.75 Å². The Balaban J connectivity index is 2.05. The summed E-state index contributed by atoms with van der Waals surface area (Å²) in [4.78, 5) is 17.1. The molecule has 0 unspecified atom stereocenters. The Morgan fingerprint density at radius 2 is 2.14 bits per heavy atom. The van der Waals surface area contributed by atoms with Crippen molar-refractivity contribution >= 4 is 11.7 Å². The van der Waals surface area contributed by atoms with E-state index in [4.69, 9.17) is 4.74 Å². The number of anilines is 1. The molecular formula is C15H16FN3O2. The van der Waals surface area contributed by atoms with Crippen molar-refractivity contribution in [1.29, 1.82) is 0 Å². The van der Waals surface area contributed by atoms with Crippen molar-refractivity contribution in [2.75, 3.05) is 19.5 Å². The van der Waals surface area contributed by atoms with E-state index in [9.17, 15) is 9.18 Å². The van der Waals surface area contributed by atoms with Gasteiger partial charge in [-0.05, 0) is 12.1 Å². The number of halogens is 1. The van der Waals surface area contributed by atoms with Crippen molar-refractivity contribution in [1.82, 2.24) is 9.88 Å². The summed E-state index contributed by atoms with van der Waals surface area (Å²) in [7, 11) is 3.20. The van der Waals surface area contributed by atoms with Crippen LogP contribution in [-0.4, -0.2) is 30.1 Å². The van der Waals surface area contributed by atoms with Gasteiger partial charge in [-0.1, -0.05) is 18.2 Å². The topological polar surface area (TPSA) is 54.5 Å². The number of urea groups is 1. The maximum Gasteiger partial charge on any atom is 0.321 e. The molecule has 0 aliphatic heterocycles. The molecule has 0 spiro atoms. The summed E-state index contributed by atoms with van der Waals surface area (Å²) in [6.45, 7) is 0.350. The zero-order chi connectivity index (χ0) is 15.2. The quantitative estimate of drug-likeness (QED) is 0.941. The summed E-state index contributed by atoms with van der Waals surface area (Å²) < 4.78 is 18.7. The largest absolute Gasteiger partial charge is 0.496 e. The molecule has 1 aromatic heterocycles. The number of benzene rings is 1. The van der Waals surface area contributed by atoms with Gasteiger partial charge in [0, 0.05) is 18.8 Å². The molecule has 0 saturated heterocycles. The Bertz CT molecular complexity index is 634. The van der Waals surface area contributed by atoms with E-state index in [1.807, 2.05) is 24.3 Å². The van der Waals surface area contributed by atoms with Crippen LogP contribution in [0.15, 0.2) is 42.7 Å². The molecule has 2 amide bonds. The summed E-state index contributed by atoms with van der Waals surface area (Å²) in [6, 6.07) is 8.41. The van der Waals surface area contributed by atoms with Crippen molar-refractivity contribution < 1.29 is 13.9 Å². The third-order valence-electron chi connectivity index (χ3n) is 2.96. The van der Waals surface area contributed by atoms with Crippen LogP contribution in [0, 0.1) is 5.82 Å². The number of methoxy groups -OCH3 is 1. The molecule has 6 heteroatoms. The molecule has 0 radical (unpaired) electrons. The molecule has 0 aliphatic rings. The predicted molar refractivity (Wildman–Crippen MR) is 77.7 cm³/mol. The van der Waals surface area contributed by atoms with E-state index in [1.165, 1.54) is 17.2 Å². The number of aromatic nitrogens is 1. The van der Waals surface area contributed by atoms with E-state index in [1.54, 1.807) is 14.2 Å². The number of para-hydroxylation sites is 1. The normalized spacial score (nSPS) is 10.0. The number of hydrogen-bond acceptors (Lipinski definition) is 3. The van der Waals surface area contributed by atoms with Crippen LogP contribution >= 0.6 is 0 Å². The summed E-state index contributed by atoms with van der Waals surface area (Å²) in [5, 5.41) is 2.50. The third kappa shape index (κ3) is 3.68. The third-order valence-corrected chi connectivity index (χ3v) is 2.96. The second kappa shape index (κ2) is 6.69. The molecule has 5 nitrogen and oxygen atoms in total. The van der Waals surface area contributed by atoms with Gasteiger partial charge in [-0.15, -0.1) is 0 Å². The van der Waals surface area contributed by atoms with Crippen LogP contribution in [0.25, 0.3) is 0 Å². The highest BCUT2D eigenvalue weighted by molar-refractivity contribution is 5.89. The number of nitrogens with zero attached hydrogens (tertiary/aromatic N) is 2. The zero-order valence-corrected chi connectivity index (χ0v) is 11.8. The number of carbonyl (C=O) groups excluding carboxylic acids is 1. The summed E-state index contributed by atoms with van der Waals surface area (Å²) in [5.41, 5.74) is 0.967. The number of rotatable bonds is 4. The predicted octanol–water partition coefficient (Wildman–Crippen LogP) is 2.89. The molecule has 1 N–H and O–H groups in total. The van der Waals surface area contributed by atoms with Crippen molar-refractivity contribution in [3.05, 3.63) is 54.1 Å². The number of hydrogen-bond donors (Lipinski definition) is 1. The standard InChI is InChI=1S/C15H16FN3O2/c1-19(10-11-5-3-4-6-14(11)21-2)15(20)18-13-7-8-17-9-12(13)16/h3-9H,10H2,1-2H3,(H,17,18,20). The molecule has 2 aromatic rings. The van der Waals surface area contributed by atoms with Crippen LogP contribution in [0.5, 0.6) is 5.75 Å². The van der Waals surface area contributed by atoms with E-state index in [2.05, 4.69) is 10.3 Å². The second-order valence-electron chi connectivity index (χ2n) is 4.45. The number of pyridine rings is 1. The fourth-order valence-corrected chi connectivity index (χ4v) is 1.85. The van der Waals surface area contributed by atoms with Crippen molar-refractivity contribution in [2.45, 2.75) is 6.54 Å². The van der Waals surface area contributed by atoms with Gasteiger partial charge in [0.05, 0.1) is 25.5 Å². The minimum atomic E-state index is -0.573. The van der Waals surface area contributed by atoms with Gasteiger partial charge >= 0.3 is 6.03 Å². The van der Waals surface area contributed by atoms with Crippen LogP contribution in [0.1, 0.15) is 5.56 Å². The lowest BCUT2D eigenvalue weighted by atomic mass is 10.2. The first kappa shape index (κ1) is 14.8. The average molecular weight is 289 g/mol. The van der Waals surface area contributed by atoms with Gasteiger partial charge < -0.3 is 15.0 Å². The lowest BCUT2D eigenvalue weighted by molar-refractivity contribution is 0.220. The first-order chi connectivity index (χ1) is 10.1. The van der Waals surface area contributed by atoms with E-state index in [0.717, 1.165) is 11.8 Å². The first-order valence-electron chi connectivity index (χ1n) is 6.35. The monoisotopic (exact) mass is 289 g/mol. The molecule has 0 saturated carbocycles. The van der Waals surface area contributed by atoms with Gasteiger partial charge in [-0.2, -0.15) is 0 Å². The Labute approximate surface area is 122 Å². The minimum Gasteiger partial charge on any atom is -0.496 e. The van der Waals surface area contributed by atoms with E-state index in [0.29, 0.717) is 12.3 Å². The molecule has 0 bridgehead atoms. The number of nitrogens with one attached hydrogen (secondary N) is 1. The van der Waals surface area contributed by atoms with Gasteiger partial charge in [-0.25, -0.2) is 9.18 Å².